The van der Waals surface area contributed by atoms with Crippen LogP contribution in [0.4, 0.5) is 0 Å². The van der Waals surface area contributed by atoms with Gasteiger partial charge in [-0.25, -0.2) is 0 Å². The van der Waals surface area contributed by atoms with Gasteiger partial charge in [-0.2, -0.15) is 0 Å². The quantitative estimate of drug-likeness (QED) is 0.749. The fourth-order valence-corrected chi connectivity index (χ4v) is 1.84. The molecule has 0 saturated carbocycles. The lowest BCUT2D eigenvalue weighted by molar-refractivity contribution is 0.0493. The minimum atomic E-state index is -0.0459. The van der Waals surface area contributed by atoms with Crippen LogP contribution in [-0.4, -0.2) is 6.10 Å². The number of hydrogen-bond acceptors (Lipinski definition) is 1. The van der Waals surface area contributed by atoms with Crippen molar-refractivity contribution in [2.24, 2.45) is 5.92 Å². The highest BCUT2D eigenvalue weighted by atomic mass is 16.5. The van der Waals surface area contributed by atoms with Crippen LogP contribution in [0.25, 0.3) is 0 Å². The van der Waals surface area contributed by atoms with Gasteiger partial charge in [-0.15, -0.1) is 0 Å². The minimum Gasteiger partial charge on any atom is -0.361 e. The van der Waals surface area contributed by atoms with Gasteiger partial charge in [-0.1, -0.05) is 74.2 Å². The predicted molar refractivity (Wildman–Crippen MR) is 83.2 cm³/mol. The molecule has 0 fully saturated rings. The highest BCUT2D eigenvalue weighted by Gasteiger charge is 2.10. The summed E-state index contributed by atoms with van der Waals surface area (Å²) in [5.74, 6) is 6.79. The van der Waals surface area contributed by atoms with Crippen LogP contribution in [0.3, 0.4) is 0 Å². The number of ether oxygens (including phenoxy) is 1. The van der Waals surface area contributed by atoms with Crippen LogP contribution in [-0.2, 0) is 11.3 Å². The molecule has 0 amide bonds. The largest absolute Gasteiger partial charge is 0.361 e. The third-order valence-corrected chi connectivity index (χ3v) is 3.01. The highest BCUT2D eigenvalue weighted by molar-refractivity contribution is 5.34. The third kappa shape index (κ3) is 4.57. The summed E-state index contributed by atoms with van der Waals surface area (Å²) in [7, 11) is 0. The van der Waals surface area contributed by atoms with E-state index < -0.39 is 0 Å². The van der Waals surface area contributed by atoms with Crippen LogP contribution >= 0.6 is 0 Å². The van der Waals surface area contributed by atoms with Crippen molar-refractivity contribution in [2.45, 2.75) is 26.6 Å². The second-order valence-electron chi connectivity index (χ2n) is 5.10. The Hall–Kier alpha value is -2.04. The van der Waals surface area contributed by atoms with Gasteiger partial charge in [0.25, 0.3) is 0 Å². The Labute approximate surface area is 121 Å². The lowest BCUT2D eigenvalue weighted by Gasteiger charge is -2.15. The van der Waals surface area contributed by atoms with E-state index in [-0.39, 0.29) is 6.10 Å². The second kappa shape index (κ2) is 7.53. The molecule has 0 saturated heterocycles. The Kier molecular flexibility index (Phi) is 5.41. The molecular formula is C19H20O. The molecule has 1 heteroatoms. The standard InChI is InChI=1S/C19H20O/c1-16(2)19(14-13-17-9-5-3-6-10-17)20-15-18-11-7-4-8-12-18/h3-12,16,19H,15H2,1-2H3. The van der Waals surface area contributed by atoms with Crippen molar-refractivity contribution < 1.29 is 4.74 Å². The molecule has 1 unspecified atom stereocenters. The number of rotatable bonds is 4. The van der Waals surface area contributed by atoms with E-state index in [9.17, 15) is 0 Å². The maximum Gasteiger partial charge on any atom is 0.121 e. The maximum absolute atomic E-state index is 5.94. The Morgan fingerprint density at radius 2 is 1.50 bits per heavy atom. The van der Waals surface area contributed by atoms with Gasteiger partial charge in [-0.05, 0) is 23.6 Å². The van der Waals surface area contributed by atoms with Gasteiger partial charge in [0.05, 0.1) is 6.61 Å². The van der Waals surface area contributed by atoms with Crippen LogP contribution in [0.2, 0.25) is 0 Å². The van der Waals surface area contributed by atoms with Gasteiger partial charge in [0.1, 0.15) is 6.10 Å². The van der Waals surface area contributed by atoms with Crippen LogP contribution in [0.1, 0.15) is 25.0 Å². The zero-order chi connectivity index (χ0) is 14.2. The van der Waals surface area contributed by atoms with E-state index in [4.69, 9.17) is 4.74 Å². The van der Waals surface area contributed by atoms with E-state index in [1.165, 1.54) is 5.56 Å². The van der Waals surface area contributed by atoms with Gasteiger partial charge >= 0.3 is 0 Å². The van der Waals surface area contributed by atoms with Gasteiger partial charge in [-0.3, -0.25) is 0 Å². The summed E-state index contributed by atoms with van der Waals surface area (Å²) in [5, 5.41) is 0. The molecule has 2 rings (SSSR count). The van der Waals surface area contributed by atoms with Gasteiger partial charge in [0.15, 0.2) is 0 Å². The van der Waals surface area contributed by atoms with E-state index in [0.29, 0.717) is 12.5 Å². The summed E-state index contributed by atoms with van der Waals surface area (Å²) >= 11 is 0. The monoisotopic (exact) mass is 264 g/mol. The molecule has 0 aliphatic rings. The molecular weight excluding hydrogens is 244 g/mol. The van der Waals surface area contributed by atoms with Crippen molar-refractivity contribution in [1.29, 1.82) is 0 Å². The number of benzene rings is 2. The smallest absolute Gasteiger partial charge is 0.121 e. The fraction of sp³-hybridized carbons (Fsp3) is 0.263. The highest BCUT2D eigenvalue weighted by Crippen LogP contribution is 2.10. The lowest BCUT2D eigenvalue weighted by atomic mass is 10.1. The molecule has 0 aromatic heterocycles. The van der Waals surface area contributed by atoms with E-state index in [0.717, 1.165) is 5.56 Å². The van der Waals surface area contributed by atoms with E-state index in [1.54, 1.807) is 0 Å². The van der Waals surface area contributed by atoms with Gasteiger partial charge in [0.2, 0.25) is 0 Å². The molecule has 0 bridgehead atoms. The Morgan fingerprint density at radius 3 is 2.10 bits per heavy atom. The average Bonchev–Trinajstić information content (AvgIpc) is 2.49. The first-order valence-corrected chi connectivity index (χ1v) is 6.98. The molecule has 0 heterocycles. The minimum absolute atomic E-state index is 0.0459. The molecule has 2 aromatic carbocycles. The fourth-order valence-electron chi connectivity index (χ4n) is 1.84. The summed E-state index contributed by atoms with van der Waals surface area (Å²) in [6.07, 6.45) is -0.0459. The average molecular weight is 264 g/mol. The molecule has 0 aliphatic heterocycles. The van der Waals surface area contributed by atoms with Crippen molar-refractivity contribution in [1.82, 2.24) is 0 Å². The summed E-state index contributed by atoms with van der Waals surface area (Å²) in [5.41, 5.74) is 2.21. The molecule has 1 nitrogen and oxygen atoms in total. The third-order valence-electron chi connectivity index (χ3n) is 3.01. The van der Waals surface area contributed by atoms with Crippen LogP contribution in [0, 0.1) is 17.8 Å². The molecule has 2 aromatic rings. The summed E-state index contributed by atoms with van der Waals surface area (Å²) in [6.45, 7) is 4.87. The zero-order valence-electron chi connectivity index (χ0n) is 12.0. The Balaban J connectivity index is 2.00. The van der Waals surface area contributed by atoms with Crippen LogP contribution in [0.15, 0.2) is 60.7 Å². The molecule has 0 aliphatic carbocycles. The van der Waals surface area contributed by atoms with Gasteiger partial charge in [0, 0.05) is 5.56 Å². The SMILES string of the molecule is CC(C)C(C#Cc1ccccc1)OCc1ccccc1. The summed E-state index contributed by atoms with van der Waals surface area (Å²) in [4.78, 5) is 0. The molecule has 20 heavy (non-hydrogen) atoms. The van der Waals surface area contributed by atoms with Crippen LogP contribution in [0.5, 0.6) is 0 Å². The molecule has 0 spiro atoms. The Bertz CT molecular complexity index is 561. The first kappa shape index (κ1) is 14.4. The predicted octanol–water partition coefficient (Wildman–Crippen LogP) is 4.28. The maximum atomic E-state index is 5.94. The molecule has 0 N–H and O–H groups in total. The summed E-state index contributed by atoms with van der Waals surface area (Å²) < 4.78 is 5.94. The summed E-state index contributed by atoms with van der Waals surface area (Å²) in [6, 6.07) is 20.2. The van der Waals surface area contributed by atoms with E-state index >= 15 is 0 Å². The number of hydrogen-bond donors (Lipinski definition) is 0. The molecule has 0 radical (unpaired) electrons. The molecule has 102 valence electrons. The Morgan fingerprint density at radius 1 is 0.900 bits per heavy atom. The van der Waals surface area contributed by atoms with Crippen molar-refractivity contribution in [3.05, 3.63) is 71.8 Å². The van der Waals surface area contributed by atoms with Crippen molar-refractivity contribution >= 4 is 0 Å². The first-order chi connectivity index (χ1) is 9.75. The van der Waals surface area contributed by atoms with Gasteiger partial charge < -0.3 is 4.74 Å². The normalized spacial score (nSPS) is 11.8. The van der Waals surface area contributed by atoms with Crippen molar-refractivity contribution in [3.63, 3.8) is 0 Å². The second-order valence-corrected chi connectivity index (χ2v) is 5.10. The molecule has 1 atom stereocenters. The lowest BCUT2D eigenvalue weighted by Crippen LogP contribution is -2.17. The van der Waals surface area contributed by atoms with E-state index in [2.05, 4.69) is 37.8 Å². The van der Waals surface area contributed by atoms with Crippen molar-refractivity contribution in [3.8, 4) is 11.8 Å². The van der Waals surface area contributed by atoms with Crippen LogP contribution < -0.4 is 0 Å². The zero-order valence-corrected chi connectivity index (χ0v) is 12.0. The first-order valence-electron chi connectivity index (χ1n) is 6.98. The van der Waals surface area contributed by atoms with E-state index in [1.807, 2.05) is 48.5 Å². The van der Waals surface area contributed by atoms with Crippen molar-refractivity contribution in [2.75, 3.05) is 0 Å². The topological polar surface area (TPSA) is 9.23 Å².